The van der Waals surface area contributed by atoms with Gasteiger partial charge in [-0.15, -0.1) is 0 Å². The molecule has 2 atom stereocenters. The zero-order valence-electron chi connectivity index (χ0n) is 15.0. The second-order valence-corrected chi connectivity index (χ2v) is 6.79. The third kappa shape index (κ3) is 3.88. The Morgan fingerprint density at radius 1 is 1.42 bits per heavy atom. The molecule has 2 heterocycles. The second kappa shape index (κ2) is 8.31. The standard InChI is InChI=1S/C19H25N3O4/c1-2-3-7-13(12-17(23)21-25)19(24)22-11-6-9-15(22)18-20-14-8-4-5-10-16(14)26-18/h4-5,8,10,13,15,25H,2-3,6-7,9,11-12H2,1H3,(H,21,23). The average Bonchev–Trinajstić information content (AvgIpc) is 3.30. The van der Waals surface area contributed by atoms with Gasteiger partial charge in [0.05, 0.1) is 0 Å². The van der Waals surface area contributed by atoms with Gasteiger partial charge in [0.2, 0.25) is 17.7 Å². The van der Waals surface area contributed by atoms with E-state index in [-0.39, 0.29) is 18.4 Å². The zero-order valence-corrected chi connectivity index (χ0v) is 15.0. The van der Waals surface area contributed by atoms with E-state index in [1.54, 1.807) is 10.4 Å². The molecule has 2 N–H and O–H groups in total. The van der Waals surface area contributed by atoms with Crippen molar-refractivity contribution in [3.8, 4) is 0 Å². The fourth-order valence-corrected chi connectivity index (χ4v) is 3.59. The Balaban J connectivity index is 1.80. The minimum Gasteiger partial charge on any atom is -0.438 e. The number of amides is 2. The molecule has 1 fully saturated rings. The van der Waals surface area contributed by atoms with Crippen LogP contribution < -0.4 is 5.48 Å². The summed E-state index contributed by atoms with van der Waals surface area (Å²) in [5.74, 6) is -0.478. The molecular weight excluding hydrogens is 334 g/mol. The molecule has 7 heteroatoms. The van der Waals surface area contributed by atoms with E-state index in [0.717, 1.165) is 31.2 Å². The molecule has 0 bridgehead atoms. The maximum Gasteiger partial charge on any atom is 0.244 e. The number of unbranched alkanes of at least 4 members (excludes halogenated alkanes) is 1. The Kier molecular flexibility index (Phi) is 5.88. The summed E-state index contributed by atoms with van der Waals surface area (Å²) in [6, 6.07) is 7.35. The molecule has 1 aliphatic rings. The monoisotopic (exact) mass is 359 g/mol. The molecule has 0 saturated carbocycles. The van der Waals surface area contributed by atoms with Gasteiger partial charge in [0.1, 0.15) is 11.6 Å². The van der Waals surface area contributed by atoms with Gasteiger partial charge in [0, 0.05) is 18.9 Å². The van der Waals surface area contributed by atoms with Crippen molar-refractivity contribution in [3.05, 3.63) is 30.2 Å². The number of fused-ring (bicyclic) bond motifs is 1. The van der Waals surface area contributed by atoms with Gasteiger partial charge in [-0.25, -0.2) is 10.5 Å². The predicted molar refractivity (Wildman–Crippen MR) is 95.3 cm³/mol. The highest BCUT2D eigenvalue weighted by atomic mass is 16.5. The van der Waals surface area contributed by atoms with E-state index in [1.807, 2.05) is 31.2 Å². The molecule has 1 aliphatic heterocycles. The number of carbonyl (C=O) groups is 2. The number of aromatic nitrogens is 1. The Labute approximate surface area is 152 Å². The van der Waals surface area contributed by atoms with Crippen molar-refractivity contribution in [2.24, 2.45) is 5.92 Å². The number of carbonyl (C=O) groups excluding carboxylic acids is 2. The van der Waals surface area contributed by atoms with E-state index >= 15 is 0 Å². The van der Waals surface area contributed by atoms with E-state index in [0.29, 0.717) is 24.4 Å². The van der Waals surface area contributed by atoms with Crippen molar-refractivity contribution >= 4 is 22.9 Å². The predicted octanol–water partition coefficient (Wildman–Crippen LogP) is 3.19. The van der Waals surface area contributed by atoms with Gasteiger partial charge in [-0.3, -0.25) is 14.8 Å². The highest BCUT2D eigenvalue weighted by Gasteiger charge is 2.37. The molecule has 2 aromatic rings. The van der Waals surface area contributed by atoms with Crippen LogP contribution in [0.25, 0.3) is 11.1 Å². The molecule has 2 amide bonds. The fraction of sp³-hybridized carbons (Fsp3) is 0.526. The van der Waals surface area contributed by atoms with Crippen molar-refractivity contribution in [1.82, 2.24) is 15.4 Å². The van der Waals surface area contributed by atoms with Crippen LogP contribution in [0, 0.1) is 5.92 Å². The summed E-state index contributed by atoms with van der Waals surface area (Å²) in [6.07, 6.45) is 4.09. The van der Waals surface area contributed by atoms with Crippen molar-refractivity contribution in [3.63, 3.8) is 0 Å². The lowest BCUT2D eigenvalue weighted by molar-refractivity contribution is -0.141. The summed E-state index contributed by atoms with van der Waals surface area (Å²) in [6.45, 7) is 2.68. The van der Waals surface area contributed by atoms with Gasteiger partial charge in [-0.1, -0.05) is 31.9 Å². The number of hydrogen-bond acceptors (Lipinski definition) is 5. The first-order valence-corrected chi connectivity index (χ1v) is 9.23. The topological polar surface area (TPSA) is 95.7 Å². The normalized spacial score (nSPS) is 18.2. The van der Waals surface area contributed by atoms with Crippen LogP contribution in [-0.4, -0.2) is 33.5 Å². The van der Waals surface area contributed by atoms with Crippen molar-refractivity contribution in [1.29, 1.82) is 0 Å². The number of oxazole rings is 1. The number of nitrogens with zero attached hydrogens (tertiary/aromatic N) is 2. The van der Waals surface area contributed by atoms with E-state index in [9.17, 15) is 9.59 Å². The Morgan fingerprint density at radius 3 is 2.96 bits per heavy atom. The number of hydroxylamine groups is 1. The lowest BCUT2D eigenvalue weighted by Crippen LogP contribution is -2.38. The molecule has 1 aromatic carbocycles. The van der Waals surface area contributed by atoms with Crippen LogP contribution >= 0.6 is 0 Å². The third-order valence-corrected chi connectivity index (χ3v) is 4.94. The number of nitrogens with one attached hydrogen (secondary N) is 1. The molecule has 140 valence electrons. The van der Waals surface area contributed by atoms with Gasteiger partial charge in [0.15, 0.2) is 5.58 Å². The molecule has 26 heavy (non-hydrogen) atoms. The number of para-hydroxylation sites is 2. The van der Waals surface area contributed by atoms with Crippen LogP contribution in [0.2, 0.25) is 0 Å². The summed E-state index contributed by atoms with van der Waals surface area (Å²) in [5, 5.41) is 8.82. The Hall–Kier alpha value is -2.41. The first kappa shape index (κ1) is 18.4. The van der Waals surface area contributed by atoms with Crippen LogP contribution in [0.3, 0.4) is 0 Å². The third-order valence-electron chi connectivity index (χ3n) is 4.94. The number of rotatable bonds is 7. The van der Waals surface area contributed by atoms with Gasteiger partial charge in [-0.05, 0) is 31.4 Å². The van der Waals surface area contributed by atoms with Crippen LogP contribution in [0.5, 0.6) is 0 Å². The quantitative estimate of drug-likeness (QED) is 0.585. The number of benzene rings is 1. The molecule has 3 rings (SSSR count). The summed E-state index contributed by atoms with van der Waals surface area (Å²) >= 11 is 0. The van der Waals surface area contributed by atoms with Gasteiger partial charge >= 0.3 is 0 Å². The molecular formula is C19H25N3O4. The molecule has 0 aliphatic carbocycles. The van der Waals surface area contributed by atoms with E-state index in [4.69, 9.17) is 9.62 Å². The first-order chi connectivity index (χ1) is 12.6. The van der Waals surface area contributed by atoms with E-state index in [1.165, 1.54) is 0 Å². The first-order valence-electron chi connectivity index (χ1n) is 9.23. The van der Waals surface area contributed by atoms with Crippen molar-refractivity contribution in [2.75, 3.05) is 6.54 Å². The van der Waals surface area contributed by atoms with Gasteiger partial charge < -0.3 is 9.32 Å². The molecule has 0 radical (unpaired) electrons. The summed E-state index contributed by atoms with van der Waals surface area (Å²) < 4.78 is 5.87. The second-order valence-electron chi connectivity index (χ2n) is 6.79. The molecule has 0 spiro atoms. The Morgan fingerprint density at radius 2 is 2.23 bits per heavy atom. The van der Waals surface area contributed by atoms with Crippen molar-refractivity contribution < 1.29 is 19.2 Å². The van der Waals surface area contributed by atoms with Gasteiger partial charge in [-0.2, -0.15) is 0 Å². The van der Waals surface area contributed by atoms with Crippen molar-refractivity contribution in [2.45, 2.75) is 51.5 Å². The zero-order chi connectivity index (χ0) is 18.5. The lowest BCUT2D eigenvalue weighted by atomic mass is 9.96. The fourth-order valence-electron chi connectivity index (χ4n) is 3.59. The average molecular weight is 359 g/mol. The maximum absolute atomic E-state index is 13.1. The molecule has 1 aromatic heterocycles. The highest BCUT2D eigenvalue weighted by Crippen LogP contribution is 2.35. The SMILES string of the molecule is CCCCC(CC(=O)NO)C(=O)N1CCCC1c1nc2ccccc2o1. The van der Waals surface area contributed by atoms with Gasteiger partial charge in [0.25, 0.3) is 0 Å². The Bertz CT molecular complexity index is 740. The van der Waals surface area contributed by atoms with Crippen LogP contribution in [0.4, 0.5) is 0 Å². The summed E-state index contributed by atoms with van der Waals surface area (Å²) in [4.78, 5) is 31.0. The molecule has 1 saturated heterocycles. The number of likely N-dealkylation sites (tertiary alicyclic amines) is 1. The smallest absolute Gasteiger partial charge is 0.244 e. The van der Waals surface area contributed by atoms with E-state index in [2.05, 4.69) is 4.98 Å². The highest BCUT2D eigenvalue weighted by molar-refractivity contribution is 5.85. The minimum atomic E-state index is -0.530. The van der Waals surface area contributed by atoms with Crippen LogP contribution in [0.15, 0.2) is 28.7 Å². The van der Waals surface area contributed by atoms with Crippen LogP contribution in [0.1, 0.15) is 57.4 Å². The minimum absolute atomic E-state index is 0.00783. The number of hydrogen-bond donors (Lipinski definition) is 2. The summed E-state index contributed by atoms with van der Waals surface area (Å²) in [5.41, 5.74) is 3.13. The largest absolute Gasteiger partial charge is 0.438 e. The molecule has 7 nitrogen and oxygen atoms in total. The van der Waals surface area contributed by atoms with E-state index < -0.39 is 11.8 Å². The molecule has 2 unspecified atom stereocenters. The van der Waals surface area contributed by atoms with Crippen LogP contribution in [-0.2, 0) is 9.59 Å². The lowest BCUT2D eigenvalue weighted by Gasteiger charge is -2.27. The summed E-state index contributed by atoms with van der Waals surface area (Å²) in [7, 11) is 0. The maximum atomic E-state index is 13.1.